The van der Waals surface area contributed by atoms with E-state index in [0.717, 1.165) is 38.2 Å². The van der Waals surface area contributed by atoms with Crippen molar-refractivity contribution in [3.63, 3.8) is 0 Å². The number of carbonyl (C=O) groups is 1. The summed E-state index contributed by atoms with van der Waals surface area (Å²) in [6.07, 6.45) is 1.13. The standard InChI is InChI=1S/C16H23F2N3O/c1-12(2)6-7-20-8-10-21(11-9-20)16(22)19-15-13(17)4-3-5-14(15)18/h3-5,12H,6-11H2,1-2H3,(H,19,22). The molecule has 0 aliphatic carbocycles. The predicted molar refractivity (Wildman–Crippen MR) is 82.8 cm³/mol. The van der Waals surface area contributed by atoms with Gasteiger partial charge in [-0.3, -0.25) is 4.90 Å². The van der Waals surface area contributed by atoms with Gasteiger partial charge >= 0.3 is 6.03 Å². The first-order chi connectivity index (χ1) is 10.5. The fourth-order valence-corrected chi connectivity index (χ4v) is 2.42. The van der Waals surface area contributed by atoms with Crippen molar-refractivity contribution in [1.29, 1.82) is 0 Å². The largest absolute Gasteiger partial charge is 0.322 e. The van der Waals surface area contributed by atoms with Crippen molar-refractivity contribution in [3.05, 3.63) is 29.8 Å². The number of halogens is 2. The third-order valence-corrected chi connectivity index (χ3v) is 3.88. The highest BCUT2D eigenvalue weighted by atomic mass is 19.1. The van der Waals surface area contributed by atoms with Crippen LogP contribution >= 0.6 is 0 Å². The summed E-state index contributed by atoms with van der Waals surface area (Å²) in [5, 5.41) is 2.33. The van der Waals surface area contributed by atoms with E-state index >= 15 is 0 Å². The molecule has 0 unspecified atom stereocenters. The Hall–Kier alpha value is -1.69. The minimum Gasteiger partial charge on any atom is -0.322 e. The monoisotopic (exact) mass is 311 g/mol. The molecule has 0 saturated carbocycles. The molecule has 1 aliphatic rings. The Morgan fingerprint density at radius 3 is 2.32 bits per heavy atom. The van der Waals surface area contributed by atoms with Crippen LogP contribution in [-0.2, 0) is 0 Å². The number of benzene rings is 1. The summed E-state index contributed by atoms with van der Waals surface area (Å²) in [5.74, 6) is -0.863. The van der Waals surface area contributed by atoms with Crippen molar-refractivity contribution in [2.24, 2.45) is 5.92 Å². The summed E-state index contributed by atoms with van der Waals surface area (Å²) in [4.78, 5) is 16.0. The number of rotatable bonds is 4. The lowest BCUT2D eigenvalue weighted by atomic mass is 10.1. The molecule has 22 heavy (non-hydrogen) atoms. The second-order valence-electron chi connectivity index (χ2n) is 6.04. The van der Waals surface area contributed by atoms with E-state index in [0.29, 0.717) is 19.0 Å². The van der Waals surface area contributed by atoms with Crippen LogP contribution in [0, 0.1) is 17.6 Å². The Bertz CT molecular complexity index is 494. The van der Waals surface area contributed by atoms with Crippen molar-refractivity contribution < 1.29 is 13.6 Å². The smallest absolute Gasteiger partial charge is 0.322 e. The van der Waals surface area contributed by atoms with Crippen molar-refractivity contribution in [3.8, 4) is 0 Å². The average Bonchev–Trinajstić information content (AvgIpc) is 2.49. The third kappa shape index (κ3) is 4.40. The van der Waals surface area contributed by atoms with Crippen LogP contribution in [0.3, 0.4) is 0 Å². The van der Waals surface area contributed by atoms with Gasteiger partial charge in [0.15, 0.2) is 0 Å². The number of carbonyl (C=O) groups excluding carboxylic acids is 1. The number of urea groups is 1. The van der Waals surface area contributed by atoms with E-state index in [1.807, 2.05) is 0 Å². The van der Waals surface area contributed by atoms with Gasteiger partial charge in [-0.25, -0.2) is 13.6 Å². The molecule has 1 saturated heterocycles. The Balaban J connectivity index is 1.85. The third-order valence-electron chi connectivity index (χ3n) is 3.88. The zero-order valence-electron chi connectivity index (χ0n) is 13.1. The number of anilines is 1. The molecule has 1 fully saturated rings. The zero-order valence-corrected chi connectivity index (χ0v) is 13.1. The second kappa shape index (κ2) is 7.54. The van der Waals surface area contributed by atoms with Crippen molar-refractivity contribution in [1.82, 2.24) is 9.80 Å². The first kappa shape index (κ1) is 16.7. The molecule has 0 bridgehead atoms. The van der Waals surface area contributed by atoms with Crippen LogP contribution in [0.15, 0.2) is 18.2 Å². The number of para-hydroxylation sites is 1. The van der Waals surface area contributed by atoms with Crippen LogP contribution < -0.4 is 5.32 Å². The molecule has 1 aliphatic heterocycles. The molecule has 122 valence electrons. The fraction of sp³-hybridized carbons (Fsp3) is 0.562. The van der Waals surface area contributed by atoms with E-state index in [9.17, 15) is 13.6 Å². The van der Waals surface area contributed by atoms with Gasteiger partial charge in [0, 0.05) is 26.2 Å². The van der Waals surface area contributed by atoms with Gasteiger partial charge in [-0.1, -0.05) is 19.9 Å². The minimum absolute atomic E-state index is 0.380. The van der Waals surface area contributed by atoms with E-state index in [4.69, 9.17) is 0 Å². The molecule has 2 rings (SSSR count). The molecule has 1 aromatic rings. The summed E-state index contributed by atoms with van der Waals surface area (Å²) >= 11 is 0. The minimum atomic E-state index is -0.760. The number of hydrogen-bond acceptors (Lipinski definition) is 2. The van der Waals surface area contributed by atoms with Crippen molar-refractivity contribution >= 4 is 11.7 Å². The Labute approximate surface area is 130 Å². The van der Waals surface area contributed by atoms with Gasteiger partial charge in [0.25, 0.3) is 0 Å². The molecule has 0 radical (unpaired) electrons. The molecule has 1 N–H and O–H groups in total. The molecule has 0 aromatic heterocycles. The Morgan fingerprint density at radius 2 is 1.77 bits per heavy atom. The number of nitrogens with zero attached hydrogens (tertiary/aromatic N) is 2. The molecule has 1 aromatic carbocycles. The van der Waals surface area contributed by atoms with Gasteiger partial charge in [-0.2, -0.15) is 0 Å². The molecule has 0 spiro atoms. The van der Waals surface area contributed by atoms with E-state index < -0.39 is 17.7 Å². The first-order valence-corrected chi connectivity index (χ1v) is 7.69. The number of hydrogen-bond donors (Lipinski definition) is 1. The summed E-state index contributed by atoms with van der Waals surface area (Å²) in [5.41, 5.74) is -0.380. The van der Waals surface area contributed by atoms with Crippen LogP contribution in [0.1, 0.15) is 20.3 Å². The molecule has 4 nitrogen and oxygen atoms in total. The van der Waals surface area contributed by atoms with Gasteiger partial charge in [0.05, 0.1) is 0 Å². The lowest BCUT2D eigenvalue weighted by Gasteiger charge is -2.35. The van der Waals surface area contributed by atoms with Gasteiger partial charge < -0.3 is 10.2 Å². The maximum atomic E-state index is 13.5. The number of nitrogens with one attached hydrogen (secondary N) is 1. The van der Waals surface area contributed by atoms with Gasteiger partial charge in [-0.05, 0) is 31.0 Å². The lowest BCUT2D eigenvalue weighted by Crippen LogP contribution is -2.50. The first-order valence-electron chi connectivity index (χ1n) is 7.69. The molecule has 0 atom stereocenters. The van der Waals surface area contributed by atoms with Crippen LogP contribution in [-0.4, -0.2) is 48.6 Å². The van der Waals surface area contributed by atoms with Gasteiger partial charge in [0.2, 0.25) is 0 Å². The summed E-state index contributed by atoms with van der Waals surface area (Å²) in [6.45, 7) is 8.12. The number of amides is 2. The highest BCUT2D eigenvalue weighted by Crippen LogP contribution is 2.18. The van der Waals surface area contributed by atoms with E-state index in [-0.39, 0.29) is 5.69 Å². The maximum absolute atomic E-state index is 13.5. The molecular weight excluding hydrogens is 288 g/mol. The van der Waals surface area contributed by atoms with Gasteiger partial charge in [0.1, 0.15) is 17.3 Å². The van der Waals surface area contributed by atoms with Crippen molar-refractivity contribution in [2.45, 2.75) is 20.3 Å². The SMILES string of the molecule is CC(C)CCN1CCN(C(=O)Nc2c(F)cccc2F)CC1. The normalized spacial score (nSPS) is 16.1. The van der Waals surface area contributed by atoms with Gasteiger partial charge in [-0.15, -0.1) is 0 Å². The highest BCUT2D eigenvalue weighted by molar-refractivity contribution is 5.89. The quantitative estimate of drug-likeness (QED) is 0.927. The fourth-order valence-electron chi connectivity index (χ4n) is 2.42. The van der Waals surface area contributed by atoms with Crippen LogP contribution in [0.4, 0.5) is 19.3 Å². The summed E-state index contributed by atoms with van der Waals surface area (Å²) in [7, 11) is 0. The Morgan fingerprint density at radius 1 is 1.18 bits per heavy atom. The van der Waals surface area contributed by atoms with E-state index in [1.165, 1.54) is 6.07 Å². The summed E-state index contributed by atoms with van der Waals surface area (Å²) < 4.78 is 27.1. The average molecular weight is 311 g/mol. The molecule has 2 amide bonds. The van der Waals surface area contributed by atoms with Crippen molar-refractivity contribution in [2.75, 3.05) is 38.0 Å². The molecule has 1 heterocycles. The second-order valence-corrected chi connectivity index (χ2v) is 6.04. The van der Waals surface area contributed by atoms with Crippen LogP contribution in [0.25, 0.3) is 0 Å². The molecular formula is C16H23F2N3O. The van der Waals surface area contributed by atoms with Crippen LogP contribution in [0.2, 0.25) is 0 Å². The lowest BCUT2D eigenvalue weighted by molar-refractivity contribution is 0.143. The highest BCUT2D eigenvalue weighted by Gasteiger charge is 2.22. The van der Waals surface area contributed by atoms with E-state index in [1.54, 1.807) is 4.90 Å². The maximum Gasteiger partial charge on any atom is 0.322 e. The topological polar surface area (TPSA) is 35.6 Å². The Kier molecular flexibility index (Phi) is 5.71. The predicted octanol–water partition coefficient (Wildman–Crippen LogP) is 3.16. The van der Waals surface area contributed by atoms with E-state index in [2.05, 4.69) is 24.1 Å². The van der Waals surface area contributed by atoms with Crippen LogP contribution in [0.5, 0.6) is 0 Å². The summed E-state index contributed by atoms with van der Waals surface area (Å²) in [6, 6.07) is 3.08. The number of piperazine rings is 1. The molecule has 6 heteroatoms. The zero-order chi connectivity index (χ0) is 16.1.